The second-order valence-electron chi connectivity index (χ2n) is 8.38. The van der Waals surface area contributed by atoms with Gasteiger partial charge in [0.1, 0.15) is 0 Å². The average Bonchev–Trinajstić information content (AvgIpc) is 3.23. The number of likely N-dealkylation sites (N-methyl/N-ethyl adjacent to an activating group) is 1. The predicted molar refractivity (Wildman–Crippen MR) is 129 cm³/mol. The monoisotopic (exact) mass is 408 g/mol. The number of thiophene rings is 1. The van der Waals surface area contributed by atoms with Crippen LogP contribution in [0.1, 0.15) is 39.7 Å². The third kappa shape index (κ3) is 9.94. The summed E-state index contributed by atoms with van der Waals surface area (Å²) in [5, 5.41) is 7.95. The minimum Gasteiger partial charge on any atom is -0.315 e. The van der Waals surface area contributed by atoms with Gasteiger partial charge in [-0.05, 0) is 86.3 Å². The number of nitrogens with zero attached hydrogens (tertiary/aromatic N) is 1. The summed E-state index contributed by atoms with van der Waals surface area (Å²) in [6.45, 7) is 13.8. The van der Waals surface area contributed by atoms with E-state index in [1.165, 1.54) is 23.1 Å². The summed E-state index contributed by atoms with van der Waals surface area (Å²) in [6, 6.07) is 11.1. The molecule has 0 saturated carbocycles. The molecule has 0 aliphatic rings. The van der Waals surface area contributed by atoms with Gasteiger partial charge < -0.3 is 5.32 Å². The van der Waals surface area contributed by atoms with Crippen molar-refractivity contribution >= 4 is 11.3 Å². The molecule has 0 fully saturated rings. The smallest absolute Gasteiger partial charge is 0.0233 e. The molecule has 2 rings (SSSR count). The Kier molecular flexibility index (Phi) is 10.2. The van der Waals surface area contributed by atoms with E-state index in [4.69, 9.17) is 0 Å². The molecule has 2 nitrogen and oxygen atoms in total. The first-order chi connectivity index (χ1) is 14.0. The molecule has 0 atom stereocenters. The first-order valence-corrected chi connectivity index (χ1v) is 11.6. The van der Waals surface area contributed by atoms with E-state index in [0.717, 1.165) is 39.1 Å². The first-order valence-electron chi connectivity index (χ1n) is 10.7. The highest BCUT2D eigenvalue weighted by Gasteiger charge is 2.03. The van der Waals surface area contributed by atoms with Gasteiger partial charge in [0, 0.05) is 25.0 Å². The molecular weight excluding hydrogens is 372 g/mol. The van der Waals surface area contributed by atoms with Crippen LogP contribution in [-0.2, 0) is 6.42 Å². The molecule has 0 saturated heterocycles. The Morgan fingerprint density at radius 1 is 1.14 bits per heavy atom. The van der Waals surface area contributed by atoms with Crippen LogP contribution >= 0.6 is 11.3 Å². The van der Waals surface area contributed by atoms with Crippen LogP contribution in [0.3, 0.4) is 0 Å². The molecule has 1 aromatic carbocycles. The Hall–Kier alpha value is -1.86. The maximum atomic E-state index is 3.59. The molecule has 0 amide bonds. The lowest BCUT2D eigenvalue weighted by Crippen LogP contribution is -2.32. The van der Waals surface area contributed by atoms with Crippen molar-refractivity contribution in [1.29, 1.82) is 0 Å². The zero-order chi connectivity index (χ0) is 21.0. The fourth-order valence-electron chi connectivity index (χ4n) is 3.01. The van der Waals surface area contributed by atoms with Crippen molar-refractivity contribution in [2.75, 3.05) is 32.7 Å². The molecule has 2 aromatic rings. The second kappa shape index (κ2) is 12.6. The number of hydrogen-bond acceptors (Lipinski definition) is 3. The van der Waals surface area contributed by atoms with Crippen LogP contribution in [0.25, 0.3) is 11.1 Å². The molecule has 1 N–H and O–H groups in total. The normalized spacial score (nSPS) is 11.8. The third-order valence-electron chi connectivity index (χ3n) is 4.66. The van der Waals surface area contributed by atoms with Crippen LogP contribution < -0.4 is 5.32 Å². The van der Waals surface area contributed by atoms with E-state index in [0.29, 0.717) is 0 Å². The lowest BCUT2D eigenvalue weighted by Gasteiger charge is -2.18. The van der Waals surface area contributed by atoms with Gasteiger partial charge in [0.05, 0.1) is 0 Å². The van der Waals surface area contributed by atoms with Gasteiger partial charge in [0.25, 0.3) is 0 Å². The average molecular weight is 409 g/mol. The van der Waals surface area contributed by atoms with Gasteiger partial charge >= 0.3 is 0 Å². The zero-order valence-electron chi connectivity index (χ0n) is 18.5. The quantitative estimate of drug-likeness (QED) is 0.370. The molecule has 0 unspecified atom stereocenters. The minimum atomic E-state index is 0.0733. The maximum Gasteiger partial charge on any atom is 0.0233 e. The molecule has 156 valence electrons. The lowest BCUT2D eigenvalue weighted by molar-refractivity contribution is 0.317. The summed E-state index contributed by atoms with van der Waals surface area (Å²) < 4.78 is 0. The fraction of sp³-hybridized carbons (Fsp3) is 0.462. The van der Waals surface area contributed by atoms with E-state index < -0.39 is 0 Å². The Morgan fingerprint density at radius 2 is 2.00 bits per heavy atom. The zero-order valence-corrected chi connectivity index (χ0v) is 19.3. The lowest BCUT2D eigenvalue weighted by atomic mass is 9.98. The van der Waals surface area contributed by atoms with Crippen molar-refractivity contribution in [3.8, 4) is 23.0 Å². The summed E-state index contributed by atoms with van der Waals surface area (Å²) in [5.74, 6) is 6.38. The molecule has 3 heteroatoms. The van der Waals surface area contributed by atoms with E-state index in [1.807, 2.05) is 6.08 Å². The maximum absolute atomic E-state index is 3.59. The number of allylic oxidation sites excluding steroid dienone is 1. The minimum absolute atomic E-state index is 0.0733. The Labute approximate surface area is 182 Å². The van der Waals surface area contributed by atoms with Gasteiger partial charge in [-0.25, -0.2) is 0 Å². The Balaban J connectivity index is 1.62. The van der Waals surface area contributed by atoms with Crippen LogP contribution in [0.2, 0.25) is 0 Å². The number of benzene rings is 1. The molecule has 0 spiro atoms. The summed E-state index contributed by atoms with van der Waals surface area (Å²) in [6.07, 6.45) is 6.45. The molecular formula is C26H36N2S. The highest BCUT2D eigenvalue weighted by atomic mass is 32.1. The number of nitrogens with one attached hydrogen (secondary N) is 1. The van der Waals surface area contributed by atoms with Crippen molar-refractivity contribution in [3.05, 3.63) is 58.8 Å². The first kappa shape index (κ1) is 23.4. The van der Waals surface area contributed by atoms with Crippen LogP contribution in [0, 0.1) is 17.3 Å². The van der Waals surface area contributed by atoms with Crippen molar-refractivity contribution in [2.45, 2.75) is 40.5 Å². The van der Waals surface area contributed by atoms with Gasteiger partial charge in [-0.15, -0.1) is 0 Å². The predicted octanol–water partition coefficient (Wildman–Crippen LogP) is 5.86. The number of hydrogen-bond donors (Lipinski definition) is 1. The standard InChI is InChI=1S/C26H36N2S/c1-5-28(18-8-6-7-15-26(2,3)4)19-17-27-16-10-12-23-11-9-13-24(21-23)25-14-20-29-22-25/h6,8-9,11,13-14,20-22,27H,5,10,12,16-19H2,1-4H3. The van der Waals surface area contributed by atoms with Crippen molar-refractivity contribution in [1.82, 2.24) is 10.2 Å². The molecule has 29 heavy (non-hydrogen) atoms. The molecule has 0 radical (unpaired) electrons. The molecule has 0 aliphatic carbocycles. The Bertz CT molecular complexity index is 788. The summed E-state index contributed by atoms with van der Waals surface area (Å²) in [7, 11) is 0. The summed E-state index contributed by atoms with van der Waals surface area (Å²) >= 11 is 1.75. The SMILES string of the molecule is CCN(CC=CC#CC(C)(C)C)CCNCCCc1cccc(-c2ccsc2)c1. The molecule has 0 bridgehead atoms. The van der Waals surface area contributed by atoms with Gasteiger partial charge in [-0.2, -0.15) is 11.3 Å². The fourth-order valence-corrected chi connectivity index (χ4v) is 3.68. The van der Waals surface area contributed by atoms with Crippen LogP contribution in [0.15, 0.2) is 53.2 Å². The van der Waals surface area contributed by atoms with Crippen molar-refractivity contribution < 1.29 is 0 Å². The molecule has 0 aliphatic heterocycles. The summed E-state index contributed by atoms with van der Waals surface area (Å²) in [4.78, 5) is 2.44. The summed E-state index contributed by atoms with van der Waals surface area (Å²) in [5.41, 5.74) is 4.15. The number of aryl methyl sites for hydroxylation is 1. The van der Waals surface area contributed by atoms with Gasteiger partial charge in [-0.3, -0.25) is 4.90 Å². The van der Waals surface area contributed by atoms with Crippen LogP contribution in [0.5, 0.6) is 0 Å². The largest absolute Gasteiger partial charge is 0.315 e. The molecule has 1 aromatic heterocycles. The highest BCUT2D eigenvalue weighted by Crippen LogP contribution is 2.23. The van der Waals surface area contributed by atoms with E-state index in [9.17, 15) is 0 Å². The number of rotatable bonds is 11. The van der Waals surface area contributed by atoms with Gasteiger partial charge in [0.2, 0.25) is 0 Å². The second-order valence-corrected chi connectivity index (χ2v) is 9.16. The van der Waals surface area contributed by atoms with Crippen molar-refractivity contribution in [2.24, 2.45) is 5.41 Å². The van der Waals surface area contributed by atoms with Crippen LogP contribution in [-0.4, -0.2) is 37.6 Å². The van der Waals surface area contributed by atoms with Crippen LogP contribution in [0.4, 0.5) is 0 Å². The Morgan fingerprint density at radius 3 is 2.72 bits per heavy atom. The van der Waals surface area contributed by atoms with Crippen molar-refractivity contribution in [3.63, 3.8) is 0 Å². The molecule has 1 heterocycles. The van der Waals surface area contributed by atoms with E-state index in [1.54, 1.807) is 11.3 Å². The van der Waals surface area contributed by atoms with E-state index in [2.05, 4.69) is 96.9 Å². The van der Waals surface area contributed by atoms with Gasteiger partial charge in [-0.1, -0.05) is 49.1 Å². The van der Waals surface area contributed by atoms with E-state index in [-0.39, 0.29) is 5.41 Å². The highest BCUT2D eigenvalue weighted by molar-refractivity contribution is 7.08. The van der Waals surface area contributed by atoms with Gasteiger partial charge in [0.15, 0.2) is 0 Å². The third-order valence-corrected chi connectivity index (χ3v) is 5.35. The van der Waals surface area contributed by atoms with E-state index >= 15 is 0 Å². The topological polar surface area (TPSA) is 15.3 Å².